The third-order valence-corrected chi connectivity index (χ3v) is 4.31. The van der Waals surface area contributed by atoms with Crippen LogP contribution in [0.2, 0.25) is 0 Å². The van der Waals surface area contributed by atoms with E-state index in [1.54, 1.807) is 18.6 Å². The number of nitrogens with zero attached hydrogens (tertiary/aromatic N) is 5. The molecule has 3 heterocycles. The first-order valence-corrected chi connectivity index (χ1v) is 7.53. The Kier molecular flexibility index (Phi) is 2.70. The third kappa shape index (κ3) is 1.96. The first-order valence-electron chi connectivity index (χ1n) is 6.74. The molecule has 0 N–H and O–H groups in total. The average molecular weight is 336 g/mol. The standard InChI is InChI=1S/C13H14BrN5O/c14-9-5-16-19(6-9)11-7-17(8-11)12-13(20)18(4-3-15-12)10-1-2-10/h3-6,10-11H,1-2,7-8H2. The summed E-state index contributed by atoms with van der Waals surface area (Å²) >= 11 is 3.40. The molecule has 2 aromatic rings. The molecule has 0 amide bonds. The van der Waals surface area contributed by atoms with Gasteiger partial charge in [0.2, 0.25) is 0 Å². The van der Waals surface area contributed by atoms with Crippen molar-refractivity contribution >= 4 is 21.7 Å². The van der Waals surface area contributed by atoms with Crippen LogP contribution in [-0.4, -0.2) is 32.4 Å². The number of aromatic nitrogens is 4. The molecular formula is C13H14BrN5O. The Morgan fingerprint density at radius 2 is 2.05 bits per heavy atom. The zero-order valence-corrected chi connectivity index (χ0v) is 12.4. The second-order valence-electron chi connectivity index (χ2n) is 5.39. The summed E-state index contributed by atoms with van der Waals surface area (Å²) < 4.78 is 4.73. The molecule has 1 saturated carbocycles. The summed E-state index contributed by atoms with van der Waals surface area (Å²) in [6.07, 6.45) is 9.48. The van der Waals surface area contributed by atoms with E-state index >= 15 is 0 Å². The Morgan fingerprint density at radius 1 is 1.25 bits per heavy atom. The molecule has 2 aromatic heterocycles. The van der Waals surface area contributed by atoms with Crippen LogP contribution in [0.5, 0.6) is 0 Å². The fourth-order valence-electron chi connectivity index (χ4n) is 2.58. The van der Waals surface area contributed by atoms with E-state index in [0.717, 1.165) is 30.4 Å². The minimum absolute atomic E-state index is 0.0371. The SMILES string of the molecule is O=c1c(N2CC(n3cc(Br)cn3)C2)nccn1C1CC1. The average Bonchev–Trinajstić information content (AvgIpc) is 3.13. The highest BCUT2D eigenvalue weighted by Gasteiger charge is 2.33. The molecule has 0 aromatic carbocycles. The molecule has 1 aliphatic carbocycles. The van der Waals surface area contributed by atoms with Crippen molar-refractivity contribution < 1.29 is 0 Å². The first kappa shape index (κ1) is 12.1. The summed E-state index contributed by atoms with van der Waals surface area (Å²) in [6.45, 7) is 1.57. The van der Waals surface area contributed by atoms with E-state index in [0.29, 0.717) is 17.9 Å². The summed E-state index contributed by atoms with van der Waals surface area (Å²) in [5, 5.41) is 4.28. The Balaban J connectivity index is 1.53. The smallest absolute Gasteiger partial charge is 0.293 e. The highest BCUT2D eigenvalue weighted by atomic mass is 79.9. The largest absolute Gasteiger partial charge is 0.348 e. The van der Waals surface area contributed by atoms with Gasteiger partial charge in [-0.05, 0) is 28.8 Å². The van der Waals surface area contributed by atoms with Gasteiger partial charge in [-0.2, -0.15) is 5.10 Å². The van der Waals surface area contributed by atoms with Gasteiger partial charge in [-0.25, -0.2) is 4.98 Å². The van der Waals surface area contributed by atoms with Gasteiger partial charge in [0.1, 0.15) is 0 Å². The number of halogens is 1. The van der Waals surface area contributed by atoms with E-state index in [1.807, 2.05) is 20.3 Å². The molecule has 1 aliphatic heterocycles. The van der Waals surface area contributed by atoms with Gasteiger partial charge in [0.05, 0.1) is 16.7 Å². The van der Waals surface area contributed by atoms with Crippen LogP contribution in [-0.2, 0) is 0 Å². The zero-order valence-electron chi connectivity index (χ0n) is 10.8. The van der Waals surface area contributed by atoms with E-state index in [9.17, 15) is 4.79 Å². The van der Waals surface area contributed by atoms with Crippen LogP contribution in [0, 0.1) is 0 Å². The second-order valence-corrected chi connectivity index (χ2v) is 6.31. The van der Waals surface area contributed by atoms with E-state index in [2.05, 4.69) is 26.0 Å². The molecule has 104 valence electrons. The molecule has 4 rings (SSSR count). The minimum Gasteiger partial charge on any atom is -0.348 e. The van der Waals surface area contributed by atoms with Crippen LogP contribution in [0.1, 0.15) is 24.9 Å². The van der Waals surface area contributed by atoms with Crippen molar-refractivity contribution in [1.29, 1.82) is 0 Å². The molecule has 0 radical (unpaired) electrons. The number of hydrogen-bond donors (Lipinski definition) is 0. The maximum absolute atomic E-state index is 12.4. The van der Waals surface area contributed by atoms with Crippen LogP contribution < -0.4 is 10.5 Å². The molecule has 0 atom stereocenters. The van der Waals surface area contributed by atoms with Gasteiger partial charge in [0.25, 0.3) is 5.56 Å². The van der Waals surface area contributed by atoms with Crippen LogP contribution in [0.15, 0.2) is 34.1 Å². The van der Waals surface area contributed by atoms with Crippen molar-refractivity contribution in [2.75, 3.05) is 18.0 Å². The summed E-state index contributed by atoms with van der Waals surface area (Å²) in [7, 11) is 0. The maximum atomic E-state index is 12.4. The van der Waals surface area contributed by atoms with Crippen LogP contribution in [0.25, 0.3) is 0 Å². The Bertz CT molecular complexity index is 699. The fourth-order valence-corrected chi connectivity index (χ4v) is 2.88. The lowest BCUT2D eigenvalue weighted by atomic mass is 10.1. The fraction of sp³-hybridized carbons (Fsp3) is 0.462. The molecule has 6 nitrogen and oxygen atoms in total. The first-order chi connectivity index (χ1) is 9.72. The van der Waals surface area contributed by atoms with Crippen LogP contribution in [0.4, 0.5) is 5.82 Å². The highest BCUT2D eigenvalue weighted by Crippen LogP contribution is 2.33. The van der Waals surface area contributed by atoms with Crippen molar-refractivity contribution in [3.63, 3.8) is 0 Å². The van der Waals surface area contributed by atoms with Crippen molar-refractivity contribution in [2.24, 2.45) is 0 Å². The summed E-state index contributed by atoms with van der Waals surface area (Å²) in [5.74, 6) is 0.571. The lowest BCUT2D eigenvalue weighted by Gasteiger charge is -2.39. The molecule has 1 saturated heterocycles. The molecule has 0 bridgehead atoms. The summed E-state index contributed by atoms with van der Waals surface area (Å²) in [5.41, 5.74) is 0.0371. The van der Waals surface area contributed by atoms with Gasteiger partial charge in [0.15, 0.2) is 5.82 Å². The van der Waals surface area contributed by atoms with Crippen molar-refractivity contribution in [3.8, 4) is 0 Å². The van der Waals surface area contributed by atoms with E-state index in [4.69, 9.17) is 0 Å². The zero-order chi connectivity index (χ0) is 13.7. The normalized spacial score (nSPS) is 19.1. The topological polar surface area (TPSA) is 56.0 Å². The highest BCUT2D eigenvalue weighted by molar-refractivity contribution is 9.10. The Hall–Kier alpha value is -1.63. The number of anilines is 1. The van der Waals surface area contributed by atoms with Crippen molar-refractivity contribution in [1.82, 2.24) is 19.3 Å². The van der Waals surface area contributed by atoms with E-state index in [-0.39, 0.29) is 5.56 Å². The van der Waals surface area contributed by atoms with Crippen molar-refractivity contribution in [2.45, 2.75) is 24.9 Å². The van der Waals surface area contributed by atoms with Crippen LogP contribution >= 0.6 is 15.9 Å². The third-order valence-electron chi connectivity index (χ3n) is 3.90. The molecule has 20 heavy (non-hydrogen) atoms. The van der Waals surface area contributed by atoms with Gasteiger partial charge in [-0.15, -0.1) is 0 Å². The van der Waals surface area contributed by atoms with Gasteiger partial charge in [-0.3, -0.25) is 9.48 Å². The molecule has 7 heteroatoms. The lowest BCUT2D eigenvalue weighted by molar-refractivity contribution is 0.364. The van der Waals surface area contributed by atoms with Gasteiger partial charge in [-0.1, -0.05) is 0 Å². The van der Waals surface area contributed by atoms with Gasteiger partial charge in [0, 0.05) is 37.7 Å². The predicted octanol–water partition coefficient (Wildman–Crippen LogP) is 1.60. The van der Waals surface area contributed by atoms with E-state index in [1.165, 1.54) is 0 Å². The Labute approximate surface area is 124 Å². The molecule has 2 aliphatic rings. The monoisotopic (exact) mass is 335 g/mol. The van der Waals surface area contributed by atoms with Crippen LogP contribution in [0.3, 0.4) is 0 Å². The molecule has 0 unspecified atom stereocenters. The summed E-state index contributed by atoms with van der Waals surface area (Å²) in [6, 6.07) is 0.709. The molecule has 0 spiro atoms. The number of hydrogen-bond acceptors (Lipinski definition) is 4. The van der Waals surface area contributed by atoms with Crippen molar-refractivity contribution in [3.05, 3.63) is 39.6 Å². The quantitative estimate of drug-likeness (QED) is 0.854. The van der Waals surface area contributed by atoms with Gasteiger partial charge < -0.3 is 9.47 Å². The number of rotatable bonds is 3. The molecule has 2 fully saturated rings. The summed E-state index contributed by atoms with van der Waals surface area (Å²) in [4.78, 5) is 18.6. The predicted molar refractivity (Wildman–Crippen MR) is 77.9 cm³/mol. The lowest BCUT2D eigenvalue weighted by Crippen LogP contribution is -2.50. The van der Waals surface area contributed by atoms with E-state index < -0.39 is 0 Å². The minimum atomic E-state index is 0.0371. The second kappa shape index (κ2) is 4.44. The maximum Gasteiger partial charge on any atom is 0.293 e. The Morgan fingerprint density at radius 3 is 2.70 bits per heavy atom. The molecular weight excluding hydrogens is 322 g/mol. The van der Waals surface area contributed by atoms with Gasteiger partial charge >= 0.3 is 0 Å².